The SMILES string of the molecule is CCCCCCCCCCCCCCCOC(=O)[C@H](C)NP(=O)(Cl)Oc1ccccc1. The number of nitrogens with one attached hydrogen (secondary N) is 1. The highest BCUT2D eigenvalue weighted by molar-refractivity contribution is 7.84. The zero-order chi connectivity index (χ0) is 22.8. The number of hydrogen-bond donors (Lipinski definition) is 1. The normalized spacial score (nSPS) is 14.0. The molecule has 0 aliphatic carbocycles. The van der Waals surface area contributed by atoms with E-state index in [1.165, 1.54) is 70.6 Å². The predicted octanol–water partition coefficient (Wildman–Crippen LogP) is 8.02. The topological polar surface area (TPSA) is 64.6 Å². The number of carbonyl (C=O) groups excluding carboxylic acids is 1. The maximum Gasteiger partial charge on any atom is 0.409 e. The predicted molar refractivity (Wildman–Crippen MR) is 130 cm³/mol. The molecule has 7 heteroatoms. The van der Waals surface area contributed by atoms with E-state index < -0.39 is 18.9 Å². The fourth-order valence-corrected chi connectivity index (χ4v) is 5.04. The maximum absolute atomic E-state index is 12.3. The summed E-state index contributed by atoms with van der Waals surface area (Å²) in [5, 5.41) is 2.53. The van der Waals surface area contributed by atoms with Gasteiger partial charge in [0.1, 0.15) is 11.8 Å². The average molecular weight is 474 g/mol. The van der Waals surface area contributed by atoms with Gasteiger partial charge in [0, 0.05) is 11.2 Å². The Morgan fingerprint density at radius 2 is 1.39 bits per heavy atom. The second-order valence-electron chi connectivity index (χ2n) is 8.14. The van der Waals surface area contributed by atoms with E-state index in [2.05, 4.69) is 12.0 Å². The summed E-state index contributed by atoms with van der Waals surface area (Å²) in [6, 6.07) is 7.80. The molecule has 1 unspecified atom stereocenters. The lowest BCUT2D eigenvalue weighted by Crippen LogP contribution is -2.33. The van der Waals surface area contributed by atoms with Gasteiger partial charge in [-0.2, -0.15) is 0 Å². The highest BCUT2D eigenvalue weighted by Gasteiger charge is 2.28. The quantitative estimate of drug-likeness (QED) is 0.125. The van der Waals surface area contributed by atoms with E-state index in [0.29, 0.717) is 12.4 Å². The Morgan fingerprint density at radius 3 is 1.90 bits per heavy atom. The van der Waals surface area contributed by atoms with Gasteiger partial charge >= 0.3 is 12.8 Å². The molecule has 5 nitrogen and oxygen atoms in total. The third kappa shape index (κ3) is 15.4. The van der Waals surface area contributed by atoms with Crippen LogP contribution in [0.5, 0.6) is 5.75 Å². The molecule has 0 amide bonds. The number of para-hydroxylation sites is 1. The van der Waals surface area contributed by atoms with Crippen LogP contribution in [0, 0.1) is 0 Å². The number of benzene rings is 1. The standard InChI is InChI=1S/C24H41ClNO4P/c1-3-4-5-6-7-8-9-10-11-12-13-14-18-21-29-24(27)22(2)26-31(25,28)30-23-19-16-15-17-20-23/h15-17,19-20,22H,3-14,18,21H2,1-2H3,(H,26,28)/t22-,31?/m0/s1. The molecule has 0 aliphatic heterocycles. The summed E-state index contributed by atoms with van der Waals surface area (Å²) in [6.07, 6.45) is 16.5. The van der Waals surface area contributed by atoms with E-state index >= 15 is 0 Å². The van der Waals surface area contributed by atoms with Gasteiger partial charge in [-0.05, 0) is 25.5 Å². The van der Waals surface area contributed by atoms with Crippen molar-refractivity contribution in [1.29, 1.82) is 0 Å². The first-order valence-electron chi connectivity index (χ1n) is 11.9. The lowest BCUT2D eigenvalue weighted by Gasteiger charge is -2.18. The average Bonchev–Trinajstić information content (AvgIpc) is 2.73. The second kappa shape index (κ2) is 17.5. The van der Waals surface area contributed by atoms with Crippen molar-refractivity contribution >= 4 is 24.1 Å². The Bertz CT molecular complexity index is 629. The first kappa shape index (κ1) is 28.0. The van der Waals surface area contributed by atoms with Crippen molar-refractivity contribution in [2.75, 3.05) is 6.61 Å². The van der Waals surface area contributed by atoms with E-state index in [0.717, 1.165) is 12.8 Å². The maximum atomic E-state index is 12.3. The fraction of sp³-hybridized carbons (Fsp3) is 0.708. The van der Waals surface area contributed by atoms with Gasteiger partial charge < -0.3 is 9.26 Å². The lowest BCUT2D eigenvalue weighted by molar-refractivity contribution is -0.145. The zero-order valence-corrected chi connectivity index (χ0v) is 21.0. The van der Waals surface area contributed by atoms with Crippen LogP contribution in [0.3, 0.4) is 0 Å². The molecule has 1 aromatic rings. The van der Waals surface area contributed by atoms with Gasteiger partial charge in [0.2, 0.25) is 0 Å². The molecule has 178 valence electrons. The molecule has 0 aromatic heterocycles. The van der Waals surface area contributed by atoms with Crippen LogP contribution < -0.4 is 9.61 Å². The number of hydrogen-bond acceptors (Lipinski definition) is 4. The monoisotopic (exact) mass is 473 g/mol. The molecular weight excluding hydrogens is 433 g/mol. The van der Waals surface area contributed by atoms with Crippen molar-refractivity contribution in [3.63, 3.8) is 0 Å². The first-order chi connectivity index (χ1) is 14.9. The zero-order valence-electron chi connectivity index (χ0n) is 19.3. The van der Waals surface area contributed by atoms with Gasteiger partial charge in [0.15, 0.2) is 0 Å². The highest BCUT2D eigenvalue weighted by atomic mass is 35.7. The van der Waals surface area contributed by atoms with Gasteiger partial charge in [0.25, 0.3) is 0 Å². The van der Waals surface area contributed by atoms with Crippen LogP contribution in [0.4, 0.5) is 0 Å². The van der Waals surface area contributed by atoms with Crippen LogP contribution >= 0.6 is 18.1 Å². The molecule has 1 rings (SSSR count). The van der Waals surface area contributed by atoms with Crippen LogP contribution in [0.2, 0.25) is 0 Å². The van der Waals surface area contributed by atoms with Crippen molar-refractivity contribution in [3.05, 3.63) is 30.3 Å². The molecule has 0 saturated carbocycles. The Labute approximate surface area is 193 Å². The minimum Gasteiger partial charge on any atom is -0.465 e. The number of unbranched alkanes of at least 4 members (excludes halogenated alkanes) is 12. The summed E-state index contributed by atoms with van der Waals surface area (Å²) in [5.74, 6) is -0.0997. The van der Waals surface area contributed by atoms with Crippen LogP contribution in [-0.2, 0) is 14.1 Å². The van der Waals surface area contributed by atoms with Crippen molar-refractivity contribution in [2.24, 2.45) is 0 Å². The van der Waals surface area contributed by atoms with Crippen LogP contribution in [0.25, 0.3) is 0 Å². The summed E-state index contributed by atoms with van der Waals surface area (Å²) < 4.78 is 22.8. The molecular formula is C24H41ClNO4P. The van der Waals surface area contributed by atoms with E-state index in [9.17, 15) is 9.36 Å². The van der Waals surface area contributed by atoms with Gasteiger partial charge in [0.05, 0.1) is 6.61 Å². The smallest absolute Gasteiger partial charge is 0.409 e. The number of rotatable bonds is 19. The number of esters is 1. The Morgan fingerprint density at radius 1 is 0.903 bits per heavy atom. The van der Waals surface area contributed by atoms with Gasteiger partial charge in [-0.3, -0.25) is 4.79 Å². The molecule has 0 heterocycles. The van der Waals surface area contributed by atoms with Gasteiger partial charge in [-0.1, -0.05) is 102 Å². The molecule has 0 radical (unpaired) electrons. The van der Waals surface area contributed by atoms with E-state index in [1.807, 2.05) is 6.07 Å². The molecule has 1 N–H and O–H groups in total. The van der Waals surface area contributed by atoms with Crippen LogP contribution in [0.15, 0.2) is 30.3 Å². The van der Waals surface area contributed by atoms with Crippen molar-refractivity contribution in [1.82, 2.24) is 5.09 Å². The summed E-state index contributed by atoms with van der Waals surface area (Å²) >= 11 is 5.92. The third-order valence-corrected chi connectivity index (χ3v) is 6.80. The van der Waals surface area contributed by atoms with E-state index in [4.69, 9.17) is 20.5 Å². The first-order valence-corrected chi connectivity index (χ1v) is 14.5. The Balaban J connectivity index is 1.99. The molecule has 0 aliphatic rings. The summed E-state index contributed by atoms with van der Waals surface area (Å²) in [5.41, 5.74) is 0. The van der Waals surface area contributed by atoms with Crippen molar-refractivity contribution in [3.8, 4) is 5.75 Å². The van der Waals surface area contributed by atoms with Gasteiger partial charge in [-0.15, -0.1) is 0 Å². The van der Waals surface area contributed by atoms with Gasteiger partial charge in [-0.25, -0.2) is 9.65 Å². The molecule has 0 saturated heterocycles. The molecule has 0 bridgehead atoms. The highest BCUT2D eigenvalue weighted by Crippen LogP contribution is 2.48. The summed E-state index contributed by atoms with van der Waals surface area (Å²) in [4.78, 5) is 12.1. The van der Waals surface area contributed by atoms with E-state index in [-0.39, 0.29) is 0 Å². The molecule has 0 fully saturated rings. The fourth-order valence-electron chi connectivity index (χ4n) is 3.34. The third-order valence-electron chi connectivity index (χ3n) is 5.16. The summed E-state index contributed by atoms with van der Waals surface area (Å²) in [7, 11) is 0. The lowest BCUT2D eigenvalue weighted by atomic mass is 10.0. The number of carbonyl (C=O) groups is 1. The van der Waals surface area contributed by atoms with Crippen LogP contribution in [-0.4, -0.2) is 18.6 Å². The molecule has 2 atom stereocenters. The largest absolute Gasteiger partial charge is 0.465 e. The Kier molecular flexibility index (Phi) is 15.8. The second-order valence-corrected chi connectivity index (χ2v) is 10.9. The molecule has 31 heavy (non-hydrogen) atoms. The Hall–Kier alpha value is -1.03. The van der Waals surface area contributed by atoms with Crippen LogP contribution in [0.1, 0.15) is 97.3 Å². The van der Waals surface area contributed by atoms with Crippen molar-refractivity contribution in [2.45, 2.75) is 103 Å². The summed E-state index contributed by atoms with van der Waals surface area (Å²) in [6.45, 7) is 0.513. The molecule has 0 spiro atoms. The number of ether oxygens (including phenoxy) is 1. The van der Waals surface area contributed by atoms with Crippen molar-refractivity contribution < 1.29 is 18.6 Å². The number of halogens is 1. The minimum absolute atomic E-state index is 0.370. The molecule has 1 aromatic carbocycles. The van der Waals surface area contributed by atoms with E-state index in [1.54, 1.807) is 31.2 Å². The minimum atomic E-state index is -3.68.